The second-order valence-electron chi connectivity index (χ2n) is 4.21. The molecule has 0 bridgehead atoms. The lowest BCUT2D eigenvalue weighted by Gasteiger charge is -2.38. The fourth-order valence-corrected chi connectivity index (χ4v) is 1.84. The molecule has 1 fully saturated rings. The summed E-state index contributed by atoms with van der Waals surface area (Å²) >= 11 is 0. The van der Waals surface area contributed by atoms with E-state index >= 15 is 0 Å². The van der Waals surface area contributed by atoms with E-state index in [1.165, 1.54) is 16.8 Å². The number of nitrogens with zero attached hydrogens (tertiary/aromatic N) is 1. The van der Waals surface area contributed by atoms with Gasteiger partial charge in [-0.3, -0.25) is 0 Å². The highest BCUT2D eigenvalue weighted by molar-refractivity contribution is 5.55. The molecule has 14 heavy (non-hydrogen) atoms. The average Bonchev–Trinajstić information content (AvgIpc) is 2.06. The van der Waals surface area contributed by atoms with E-state index in [1.807, 2.05) is 0 Å². The quantitative estimate of drug-likeness (QED) is 0.763. The van der Waals surface area contributed by atoms with Crippen molar-refractivity contribution in [1.29, 1.82) is 0 Å². The lowest BCUT2D eigenvalue weighted by molar-refractivity contribution is 0.428. The molecule has 1 aromatic carbocycles. The molecule has 0 aromatic heterocycles. The zero-order valence-corrected chi connectivity index (χ0v) is 9.17. The molecule has 76 valence electrons. The maximum Gasteiger partial charge on any atom is 0.0535 e. The van der Waals surface area contributed by atoms with Crippen LogP contribution in [-0.4, -0.2) is 26.2 Å². The van der Waals surface area contributed by atoms with Crippen LogP contribution in [0.5, 0.6) is 0 Å². The van der Waals surface area contributed by atoms with Gasteiger partial charge in [0.15, 0.2) is 0 Å². The van der Waals surface area contributed by atoms with Crippen LogP contribution >= 0.6 is 0 Å². The van der Waals surface area contributed by atoms with Gasteiger partial charge in [0.2, 0.25) is 0 Å². The van der Waals surface area contributed by atoms with Crippen molar-refractivity contribution < 1.29 is 0 Å². The summed E-state index contributed by atoms with van der Waals surface area (Å²) in [7, 11) is 2.19. The van der Waals surface area contributed by atoms with E-state index in [-0.39, 0.29) is 0 Å². The molecule has 1 aliphatic heterocycles. The summed E-state index contributed by atoms with van der Waals surface area (Å²) in [5, 5.41) is 3.30. The predicted octanol–water partition coefficient (Wildman–Crippen LogP) is 1.71. The minimum atomic E-state index is 0.676. The van der Waals surface area contributed by atoms with Crippen LogP contribution in [0.15, 0.2) is 18.2 Å². The summed E-state index contributed by atoms with van der Waals surface area (Å²) in [5.74, 6) is 0. The lowest BCUT2D eigenvalue weighted by atomic mass is 10.1. The Kier molecular flexibility index (Phi) is 2.46. The number of anilines is 1. The van der Waals surface area contributed by atoms with Crippen molar-refractivity contribution in [3.05, 3.63) is 29.3 Å². The molecule has 0 aliphatic carbocycles. The summed E-state index contributed by atoms with van der Waals surface area (Å²) in [4.78, 5) is 2.39. The van der Waals surface area contributed by atoms with Gasteiger partial charge in [-0.1, -0.05) is 12.1 Å². The zero-order valence-electron chi connectivity index (χ0n) is 9.17. The third kappa shape index (κ3) is 1.62. The Morgan fingerprint density at radius 3 is 2.57 bits per heavy atom. The summed E-state index contributed by atoms with van der Waals surface area (Å²) in [6.45, 7) is 6.56. The Morgan fingerprint density at radius 1 is 1.29 bits per heavy atom. The maximum atomic E-state index is 3.30. The first kappa shape index (κ1) is 9.53. The van der Waals surface area contributed by atoms with Crippen molar-refractivity contribution in [2.24, 2.45) is 0 Å². The second kappa shape index (κ2) is 3.62. The van der Waals surface area contributed by atoms with Crippen LogP contribution < -0.4 is 10.2 Å². The minimum absolute atomic E-state index is 0.676. The van der Waals surface area contributed by atoms with Crippen LogP contribution in [0.4, 0.5) is 5.69 Å². The normalized spacial score (nSPS) is 16.5. The van der Waals surface area contributed by atoms with Gasteiger partial charge < -0.3 is 10.2 Å². The highest BCUT2D eigenvalue weighted by Crippen LogP contribution is 2.23. The van der Waals surface area contributed by atoms with Crippen molar-refractivity contribution >= 4 is 5.69 Å². The number of nitrogens with one attached hydrogen (secondary N) is 1. The van der Waals surface area contributed by atoms with Crippen molar-refractivity contribution in [2.45, 2.75) is 19.9 Å². The highest BCUT2D eigenvalue weighted by atomic mass is 15.2. The zero-order chi connectivity index (χ0) is 10.1. The monoisotopic (exact) mass is 190 g/mol. The first-order valence-electron chi connectivity index (χ1n) is 5.19. The van der Waals surface area contributed by atoms with E-state index in [1.54, 1.807) is 0 Å². The third-order valence-corrected chi connectivity index (χ3v) is 3.05. The summed E-state index contributed by atoms with van der Waals surface area (Å²) in [6.07, 6.45) is 0. The van der Waals surface area contributed by atoms with Crippen LogP contribution in [0.25, 0.3) is 0 Å². The van der Waals surface area contributed by atoms with Gasteiger partial charge >= 0.3 is 0 Å². The van der Waals surface area contributed by atoms with Crippen LogP contribution in [0.2, 0.25) is 0 Å². The third-order valence-electron chi connectivity index (χ3n) is 3.05. The molecule has 1 heterocycles. The van der Waals surface area contributed by atoms with Gasteiger partial charge in [0.05, 0.1) is 6.04 Å². The van der Waals surface area contributed by atoms with Gasteiger partial charge in [0.25, 0.3) is 0 Å². The molecule has 1 aromatic rings. The number of aryl methyl sites for hydroxylation is 2. The second-order valence-corrected chi connectivity index (χ2v) is 4.21. The van der Waals surface area contributed by atoms with Gasteiger partial charge in [-0.25, -0.2) is 0 Å². The van der Waals surface area contributed by atoms with Gasteiger partial charge in [0, 0.05) is 25.8 Å². The Balaban J connectivity index is 2.24. The lowest BCUT2D eigenvalue weighted by Crippen LogP contribution is -2.56. The largest absolute Gasteiger partial charge is 0.369 e. The number of hydrogen-bond acceptors (Lipinski definition) is 2. The number of hydrogen-bond donors (Lipinski definition) is 1. The molecule has 0 atom stereocenters. The Morgan fingerprint density at radius 2 is 2.00 bits per heavy atom. The Hall–Kier alpha value is -1.02. The SMILES string of the molecule is Cc1ccc(C)c(N(C)C2CNC2)c1. The summed E-state index contributed by atoms with van der Waals surface area (Å²) < 4.78 is 0. The van der Waals surface area contributed by atoms with E-state index < -0.39 is 0 Å². The highest BCUT2D eigenvalue weighted by Gasteiger charge is 2.22. The van der Waals surface area contributed by atoms with Gasteiger partial charge in [-0.05, 0) is 31.0 Å². The van der Waals surface area contributed by atoms with E-state index in [4.69, 9.17) is 0 Å². The first-order valence-corrected chi connectivity index (χ1v) is 5.19. The van der Waals surface area contributed by atoms with Crippen LogP contribution in [0.3, 0.4) is 0 Å². The van der Waals surface area contributed by atoms with Crippen molar-refractivity contribution in [3.8, 4) is 0 Å². The molecule has 2 rings (SSSR count). The number of rotatable bonds is 2. The predicted molar refractivity (Wildman–Crippen MR) is 61.0 cm³/mol. The fraction of sp³-hybridized carbons (Fsp3) is 0.500. The molecular formula is C12H18N2. The fourth-order valence-electron chi connectivity index (χ4n) is 1.84. The molecule has 2 heteroatoms. The van der Waals surface area contributed by atoms with Gasteiger partial charge in [0.1, 0.15) is 0 Å². The summed E-state index contributed by atoms with van der Waals surface area (Å²) in [6, 6.07) is 7.32. The van der Waals surface area contributed by atoms with Gasteiger partial charge in [-0.15, -0.1) is 0 Å². The van der Waals surface area contributed by atoms with Crippen molar-refractivity contribution in [1.82, 2.24) is 5.32 Å². The molecule has 1 N–H and O–H groups in total. The molecule has 1 aliphatic rings. The molecular weight excluding hydrogens is 172 g/mol. The van der Waals surface area contributed by atoms with E-state index in [2.05, 4.69) is 49.3 Å². The molecule has 0 unspecified atom stereocenters. The standard InChI is InChI=1S/C12H18N2/c1-9-4-5-10(2)12(6-9)14(3)11-7-13-8-11/h4-6,11,13H,7-8H2,1-3H3. The van der Waals surface area contributed by atoms with Crippen LogP contribution in [-0.2, 0) is 0 Å². The van der Waals surface area contributed by atoms with E-state index in [0.717, 1.165) is 13.1 Å². The molecule has 0 radical (unpaired) electrons. The average molecular weight is 190 g/mol. The van der Waals surface area contributed by atoms with Crippen LogP contribution in [0, 0.1) is 13.8 Å². The first-order chi connectivity index (χ1) is 6.68. The number of benzene rings is 1. The molecule has 1 saturated heterocycles. The Labute approximate surface area is 85.9 Å². The maximum absolute atomic E-state index is 3.30. The molecule has 2 nitrogen and oxygen atoms in total. The van der Waals surface area contributed by atoms with Crippen molar-refractivity contribution in [3.63, 3.8) is 0 Å². The Bertz CT molecular complexity index is 329. The smallest absolute Gasteiger partial charge is 0.0535 e. The minimum Gasteiger partial charge on any atom is -0.369 e. The molecule has 0 saturated carbocycles. The summed E-state index contributed by atoms with van der Waals surface area (Å²) in [5.41, 5.74) is 4.08. The van der Waals surface area contributed by atoms with Crippen LogP contribution in [0.1, 0.15) is 11.1 Å². The van der Waals surface area contributed by atoms with E-state index in [0.29, 0.717) is 6.04 Å². The van der Waals surface area contributed by atoms with Gasteiger partial charge in [-0.2, -0.15) is 0 Å². The van der Waals surface area contributed by atoms with Crippen molar-refractivity contribution in [2.75, 3.05) is 25.0 Å². The molecule has 0 spiro atoms. The topological polar surface area (TPSA) is 15.3 Å². The molecule has 0 amide bonds. The number of likely N-dealkylation sites (N-methyl/N-ethyl adjacent to an activating group) is 1. The van der Waals surface area contributed by atoms with E-state index in [9.17, 15) is 0 Å².